The van der Waals surface area contributed by atoms with Crippen molar-refractivity contribution in [2.75, 3.05) is 6.61 Å². The molecule has 0 bridgehead atoms. The highest BCUT2D eigenvalue weighted by Crippen LogP contribution is 2.29. The third-order valence-corrected chi connectivity index (χ3v) is 3.39. The third-order valence-electron chi connectivity index (χ3n) is 3.39. The molecule has 0 saturated carbocycles. The van der Waals surface area contributed by atoms with E-state index in [1.807, 2.05) is 31.2 Å². The van der Waals surface area contributed by atoms with E-state index in [0.717, 1.165) is 17.7 Å². The van der Waals surface area contributed by atoms with Crippen LogP contribution in [0.15, 0.2) is 48.5 Å². The Morgan fingerprint density at radius 2 is 1.67 bits per heavy atom. The molecule has 0 atom stereocenters. The number of halogens is 3. The summed E-state index contributed by atoms with van der Waals surface area (Å²) in [5, 5.41) is 2.65. The summed E-state index contributed by atoms with van der Waals surface area (Å²) in [5.41, 5.74) is 1.02. The number of carbonyl (C=O) groups excluding carboxylic acids is 1. The Balaban J connectivity index is 1.72. The summed E-state index contributed by atoms with van der Waals surface area (Å²) in [4.78, 5) is 11.7. The Morgan fingerprint density at radius 3 is 2.25 bits per heavy atom. The molecule has 0 fully saturated rings. The first kappa shape index (κ1) is 17.8. The summed E-state index contributed by atoms with van der Waals surface area (Å²) in [6, 6.07) is 12.2. The zero-order valence-electron chi connectivity index (χ0n) is 13.2. The molecule has 1 N–H and O–H groups in total. The average Bonchev–Trinajstić information content (AvgIpc) is 2.54. The van der Waals surface area contributed by atoms with E-state index in [0.29, 0.717) is 11.3 Å². The van der Waals surface area contributed by atoms with Gasteiger partial charge in [0.05, 0.1) is 18.6 Å². The van der Waals surface area contributed by atoms with Crippen molar-refractivity contribution in [1.82, 2.24) is 5.32 Å². The van der Waals surface area contributed by atoms with Crippen molar-refractivity contribution in [3.8, 4) is 5.75 Å². The average molecular weight is 337 g/mol. The number of benzene rings is 2. The van der Waals surface area contributed by atoms with Crippen molar-refractivity contribution in [2.45, 2.75) is 26.1 Å². The van der Waals surface area contributed by atoms with Crippen molar-refractivity contribution in [2.24, 2.45) is 0 Å². The first-order chi connectivity index (χ1) is 11.3. The lowest BCUT2D eigenvalue weighted by molar-refractivity contribution is -0.137. The first-order valence-electron chi connectivity index (χ1n) is 7.47. The van der Waals surface area contributed by atoms with E-state index < -0.39 is 11.7 Å². The Bertz CT molecular complexity index is 664. The first-order valence-corrected chi connectivity index (χ1v) is 7.47. The molecule has 0 saturated heterocycles. The van der Waals surface area contributed by atoms with Crippen molar-refractivity contribution in [3.63, 3.8) is 0 Å². The van der Waals surface area contributed by atoms with E-state index in [2.05, 4.69) is 5.32 Å². The van der Waals surface area contributed by atoms with E-state index in [1.54, 1.807) is 0 Å². The SMILES string of the molecule is Cc1ccc(OCCC(=O)NCc2ccc(C(F)(F)F)cc2)cc1. The van der Waals surface area contributed by atoms with Gasteiger partial charge >= 0.3 is 6.18 Å². The van der Waals surface area contributed by atoms with Gasteiger partial charge in [0.1, 0.15) is 5.75 Å². The highest BCUT2D eigenvalue weighted by Gasteiger charge is 2.29. The molecule has 0 aliphatic rings. The van der Waals surface area contributed by atoms with Crippen LogP contribution >= 0.6 is 0 Å². The third kappa shape index (κ3) is 5.61. The van der Waals surface area contributed by atoms with Gasteiger partial charge in [0.25, 0.3) is 0 Å². The largest absolute Gasteiger partial charge is 0.493 e. The van der Waals surface area contributed by atoms with Crippen LogP contribution in [-0.2, 0) is 17.5 Å². The Labute approximate surface area is 138 Å². The Kier molecular flexibility index (Phi) is 5.84. The number of ether oxygens (including phenoxy) is 1. The molecule has 2 aromatic carbocycles. The van der Waals surface area contributed by atoms with Crippen molar-refractivity contribution in [1.29, 1.82) is 0 Å². The van der Waals surface area contributed by atoms with Gasteiger partial charge in [-0.3, -0.25) is 4.79 Å². The molecule has 0 radical (unpaired) electrons. The number of carbonyl (C=O) groups is 1. The van der Waals surface area contributed by atoms with Gasteiger partial charge in [-0.05, 0) is 36.8 Å². The number of nitrogens with one attached hydrogen (secondary N) is 1. The van der Waals surface area contributed by atoms with Crippen LogP contribution in [0.1, 0.15) is 23.1 Å². The molecule has 0 aliphatic carbocycles. The van der Waals surface area contributed by atoms with Crippen LogP contribution in [0, 0.1) is 6.92 Å². The van der Waals surface area contributed by atoms with Crippen LogP contribution in [0.25, 0.3) is 0 Å². The topological polar surface area (TPSA) is 38.3 Å². The van der Waals surface area contributed by atoms with E-state index in [1.165, 1.54) is 12.1 Å². The van der Waals surface area contributed by atoms with E-state index >= 15 is 0 Å². The summed E-state index contributed by atoms with van der Waals surface area (Å²) < 4.78 is 42.8. The molecule has 0 aliphatic heterocycles. The number of aryl methyl sites for hydroxylation is 1. The lowest BCUT2D eigenvalue weighted by atomic mass is 10.1. The van der Waals surface area contributed by atoms with Crippen LogP contribution in [0.4, 0.5) is 13.2 Å². The maximum atomic E-state index is 12.5. The van der Waals surface area contributed by atoms with Crippen LogP contribution in [0.2, 0.25) is 0 Å². The van der Waals surface area contributed by atoms with Crippen LogP contribution in [-0.4, -0.2) is 12.5 Å². The van der Waals surface area contributed by atoms with Gasteiger partial charge in [-0.15, -0.1) is 0 Å². The maximum Gasteiger partial charge on any atom is 0.416 e. The molecule has 0 aromatic heterocycles. The predicted octanol–water partition coefficient (Wildman–Crippen LogP) is 4.10. The summed E-state index contributed by atoms with van der Waals surface area (Å²) in [7, 11) is 0. The Hall–Kier alpha value is -2.50. The molecule has 1 amide bonds. The number of hydrogen-bond donors (Lipinski definition) is 1. The minimum Gasteiger partial charge on any atom is -0.493 e. The molecule has 128 valence electrons. The lowest BCUT2D eigenvalue weighted by Crippen LogP contribution is -2.24. The zero-order valence-corrected chi connectivity index (χ0v) is 13.2. The minimum atomic E-state index is -4.35. The van der Waals surface area contributed by atoms with Crippen LogP contribution in [0.3, 0.4) is 0 Å². The number of alkyl halides is 3. The molecule has 0 heterocycles. The van der Waals surface area contributed by atoms with Gasteiger partial charge in [0.2, 0.25) is 5.91 Å². The van der Waals surface area contributed by atoms with Gasteiger partial charge in [-0.25, -0.2) is 0 Å². The van der Waals surface area contributed by atoms with Crippen LogP contribution in [0.5, 0.6) is 5.75 Å². The Morgan fingerprint density at radius 1 is 1.04 bits per heavy atom. The van der Waals surface area contributed by atoms with Crippen molar-refractivity contribution in [3.05, 3.63) is 65.2 Å². The highest BCUT2D eigenvalue weighted by molar-refractivity contribution is 5.76. The quantitative estimate of drug-likeness (QED) is 0.862. The van der Waals surface area contributed by atoms with Crippen LogP contribution < -0.4 is 10.1 Å². The molecule has 3 nitrogen and oxygen atoms in total. The fourth-order valence-electron chi connectivity index (χ4n) is 2.00. The van der Waals surface area contributed by atoms with Crippen molar-refractivity contribution < 1.29 is 22.7 Å². The second kappa shape index (κ2) is 7.86. The molecule has 6 heteroatoms. The minimum absolute atomic E-state index is 0.175. The van der Waals surface area contributed by atoms with Gasteiger partial charge in [0, 0.05) is 6.54 Å². The molecular weight excluding hydrogens is 319 g/mol. The molecular formula is C18H18F3NO2. The second-order valence-corrected chi connectivity index (χ2v) is 5.38. The number of amides is 1. The summed E-state index contributed by atoms with van der Waals surface area (Å²) >= 11 is 0. The fourth-order valence-corrected chi connectivity index (χ4v) is 2.00. The van der Waals surface area contributed by atoms with Gasteiger partial charge in [0.15, 0.2) is 0 Å². The smallest absolute Gasteiger partial charge is 0.416 e. The van der Waals surface area contributed by atoms with Gasteiger partial charge in [-0.2, -0.15) is 13.2 Å². The van der Waals surface area contributed by atoms with Gasteiger partial charge in [-0.1, -0.05) is 29.8 Å². The van der Waals surface area contributed by atoms with E-state index in [9.17, 15) is 18.0 Å². The van der Waals surface area contributed by atoms with E-state index in [4.69, 9.17) is 4.74 Å². The molecule has 0 spiro atoms. The number of rotatable bonds is 6. The maximum absolute atomic E-state index is 12.5. The zero-order chi connectivity index (χ0) is 17.6. The predicted molar refractivity (Wildman–Crippen MR) is 84.6 cm³/mol. The normalized spacial score (nSPS) is 11.2. The highest BCUT2D eigenvalue weighted by atomic mass is 19.4. The summed E-state index contributed by atoms with van der Waals surface area (Å²) in [6.45, 7) is 2.39. The molecule has 2 rings (SSSR count). The fraction of sp³-hybridized carbons (Fsp3) is 0.278. The van der Waals surface area contributed by atoms with Crippen molar-refractivity contribution >= 4 is 5.91 Å². The second-order valence-electron chi connectivity index (χ2n) is 5.38. The molecule has 2 aromatic rings. The standard InChI is InChI=1S/C18H18F3NO2/c1-13-2-8-16(9-3-13)24-11-10-17(23)22-12-14-4-6-15(7-5-14)18(19,20)21/h2-9H,10-12H2,1H3,(H,22,23). The molecule has 24 heavy (non-hydrogen) atoms. The van der Waals surface area contributed by atoms with E-state index in [-0.39, 0.29) is 25.5 Å². The summed E-state index contributed by atoms with van der Waals surface area (Å²) in [6.07, 6.45) is -4.18. The lowest BCUT2D eigenvalue weighted by Gasteiger charge is -2.09. The number of hydrogen-bond acceptors (Lipinski definition) is 2. The summed E-state index contributed by atoms with van der Waals surface area (Å²) in [5.74, 6) is 0.471. The van der Waals surface area contributed by atoms with Gasteiger partial charge < -0.3 is 10.1 Å². The molecule has 0 unspecified atom stereocenters. The monoisotopic (exact) mass is 337 g/mol.